The summed E-state index contributed by atoms with van der Waals surface area (Å²) in [6.45, 7) is 7.87. The molecule has 0 bridgehead atoms. The number of nitrogens with one attached hydrogen (secondary N) is 1. The normalized spacial score (nSPS) is 15.0. The zero-order chi connectivity index (χ0) is 22.8. The van der Waals surface area contributed by atoms with Crippen LogP contribution in [0.5, 0.6) is 5.75 Å². The van der Waals surface area contributed by atoms with Gasteiger partial charge in [0.15, 0.2) is 0 Å². The van der Waals surface area contributed by atoms with Crippen LogP contribution in [0.15, 0.2) is 34.7 Å². The van der Waals surface area contributed by atoms with Crippen molar-refractivity contribution in [1.29, 1.82) is 0 Å². The number of rotatable bonds is 7. The number of hydrogen-bond donors (Lipinski definition) is 2. The lowest BCUT2D eigenvalue weighted by Crippen LogP contribution is -2.52. The van der Waals surface area contributed by atoms with Gasteiger partial charge in [-0.25, -0.2) is 8.42 Å². The lowest BCUT2D eigenvalue weighted by atomic mass is 9.93. The van der Waals surface area contributed by atoms with E-state index >= 15 is 0 Å². The highest BCUT2D eigenvalue weighted by Crippen LogP contribution is 2.29. The van der Waals surface area contributed by atoms with Crippen molar-refractivity contribution in [1.82, 2.24) is 10.3 Å². The van der Waals surface area contributed by atoms with E-state index in [0.717, 1.165) is 11.4 Å². The molecule has 1 aliphatic heterocycles. The van der Waals surface area contributed by atoms with Gasteiger partial charge in [-0.2, -0.15) is 0 Å². The number of ether oxygens (including phenoxy) is 1. The van der Waals surface area contributed by atoms with Crippen molar-refractivity contribution in [2.45, 2.75) is 51.8 Å². The Kier molecular flexibility index (Phi) is 6.35. The fraction of sp³-hybridized carbons (Fsp3) is 0.409. The maximum absolute atomic E-state index is 12.9. The van der Waals surface area contributed by atoms with Gasteiger partial charge >= 0.3 is 0 Å². The van der Waals surface area contributed by atoms with Gasteiger partial charge in [0, 0.05) is 17.0 Å². The van der Waals surface area contributed by atoms with E-state index in [9.17, 15) is 13.2 Å². The van der Waals surface area contributed by atoms with E-state index in [-0.39, 0.29) is 24.1 Å². The molecule has 0 saturated heterocycles. The Balaban J connectivity index is 1.84. The number of carbonyl (C=O) groups is 1. The Bertz CT molecular complexity index is 1120. The number of pyridine rings is 1. The van der Waals surface area contributed by atoms with Crippen LogP contribution in [0, 0.1) is 13.8 Å². The van der Waals surface area contributed by atoms with E-state index in [1.54, 1.807) is 30.3 Å². The first-order chi connectivity index (χ1) is 14.6. The minimum Gasteiger partial charge on any atom is -0.490 e. The second-order valence-electron chi connectivity index (χ2n) is 7.86. The number of aromatic nitrogens is 1. The standard InChI is InChI=1S/C22H28N4O4S/c1-5-22(6-2,25-21(27)17-10-14(3)24-15(4)11-17)13-30-18-9-7-8-16-12-31(28,29)26-20(23)19(16)18/h7-11H,5-6,12-13H2,1-4H3,(H2,23,26)(H,25,27). The fourth-order valence-electron chi connectivity index (χ4n) is 3.69. The number of nitrogens with two attached hydrogens (primary N) is 1. The molecule has 8 nitrogen and oxygen atoms in total. The molecule has 1 aliphatic rings. The molecular weight excluding hydrogens is 416 g/mol. The van der Waals surface area contributed by atoms with Gasteiger partial charge in [0.05, 0.1) is 16.9 Å². The zero-order valence-electron chi connectivity index (χ0n) is 18.2. The Hall–Kier alpha value is -2.94. The first-order valence-corrected chi connectivity index (χ1v) is 11.8. The molecular formula is C22H28N4O4S. The Morgan fingerprint density at radius 1 is 1.19 bits per heavy atom. The van der Waals surface area contributed by atoms with E-state index in [4.69, 9.17) is 10.5 Å². The summed E-state index contributed by atoms with van der Waals surface area (Å²) in [5, 5.41) is 3.13. The van der Waals surface area contributed by atoms with Crippen molar-refractivity contribution in [3.8, 4) is 5.75 Å². The number of hydrogen-bond acceptors (Lipinski definition) is 6. The van der Waals surface area contributed by atoms with Crippen molar-refractivity contribution in [2.75, 3.05) is 6.61 Å². The molecule has 3 rings (SSSR count). The van der Waals surface area contributed by atoms with Crippen molar-refractivity contribution in [3.63, 3.8) is 0 Å². The molecule has 166 valence electrons. The van der Waals surface area contributed by atoms with Gasteiger partial charge in [-0.1, -0.05) is 26.0 Å². The number of aryl methyl sites for hydroxylation is 2. The summed E-state index contributed by atoms with van der Waals surface area (Å²) in [4.78, 5) is 17.3. The molecule has 1 aromatic heterocycles. The predicted molar refractivity (Wildman–Crippen MR) is 120 cm³/mol. The second kappa shape index (κ2) is 8.66. The summed E-state index contributed by atoms with van der Waals surface area (Å²) in [5.41, 5.74) is 8.46. The van der Waals surface area contributed by atoms with Gasteiger partial charge in [-0.15, -0.1) is 4.40 Å². The van der Waals surface area contributed by atoms with E-state index < -0.39 is 15.6 Å². The maximum atomic E-state index is 12.9. The van der Waals surface area contributed by atoms with Crippen LogP contribution >= 0.6 is 0 Å². The van der Waals surface area contributed by atoms with Crippen LogP contribution in [0.1, 0.15) is 59.6 Å². The molecule has 2 heterocycles. The third-order valence-corrected chi connectivity index (χ3v) is 6.67. The molecule has 0 aliphatic carbocycles. The van der Waals surface area contributed by atoms with Crippen molar-refractivity contribution >= 4 is 21.8 Å². The van der Waals surface area contributed by atoms with Gasteiger partial charge in [0.2, 0.25) is 0 Å². The lowest BCUT2D eigenvalue weighted by Gasteiger charge is -2.33. The Morgan fingerprint density at radius 2 is 1.84 bits per heavy atom. The summed E-state index contributed by atoms with van der Waals surface area (Å²) >= 11 is 0. The van der Waals surface area contributed by atoms with Crippen molar-refractivity contribution in [2.24, 2.45) is 10.1 Å². The van der Waals surface area contributed by atoms with E-state index in [1.807, 2.05) is 27.7 Å². The van der Waals surface area contributed by atoms with Crippen LogP contribution in [-0.4, -0.2) is 37.3 Å². The maximum Gasteiger partial charge on any atom is 0.259 e. The second-order valence-corrected chi connectivity index (χ2v) is 9.50. The number of benzene rings is 1. The number of amidine groups is 1. The van der Waals surface area contributed by atoms with Crippen LogP contribution in [0.3, 0.4) is 0 Å². The average molecular weight is 445 g/mol. The van der Waals surface area contributed by atoms with E-state index in [0.29, 0.717) is 35.3 Å². The molecule has 0 unspecified atom stereocenters. The molecule has 3 N–H and O–H groups in total. The number of amides is 1. The molecule has 0 spiro atoms. The molecule has 0 atom stereocenters. The average Bonchev–Trinajstić information content (AvgIpc) is 2.69. The summed E-state index contributed by atoms with van der Waals surface area (Å²) in [7, 11) is -3.62. The minimum atomic E-state index is -3.62. The van der Waals surface area contributed by atoms with Crippen molar-refractivity contribution < 1.29 is 17.9 Å². The van der Waals surface area contributed by atoms with Crippen LogP contribution in [0.25, 0.3) is 0 Å². The summed E-state index contributed by atoms with van der Waals surface area (Å²) in [6.07, 6.45) is 1.29. The number of nitrogens with zero attached hydrogens (tertiary/aromatic N) is 2. The van der Waals surface area contributed by atoms with Gasteiger partial charge < -0.3 is 15.8 Å². The lowest BCUT2D eigenvalue weighted by molar-refractivity contribution is 0.0837. The van der Waals surface area contributed by atoms with Gasteiger partial charge in [0.1, 0.15) is 18.2 Å². The monoisotopic (exact) mass is 444 g/mol. The first kappa shape index (κ1) is 22.7. The van der Waals surface area contributed by atoms with Gasteiger partial charge in [-0.05, 0) is 50.5 Å². The van der Waals surface area contributed by atoms with E-state index in [2.05, 4.69) is 14.7 Å². The summed E-state index contributed by atoms with van der Waals surface area (Å²) in [6, 6.07) is 8.66. The number of fused-ring (bicyclic) bond motifs is 1. The Labute approximate surface area is 183 Å². The van der Waals surface area contributed by atoms with Crippen LogP contribution in [0.2, 0.25) is 0 Å². The molecule has 0 saturated carbocycles. The summed E-state index contributed by atoms with van der Waals surface area (Å²) in [5.74, 6) is -0.0418. The fourth-order valence-corrected chi connectivity index (χ4v) is 4.78. The largest absolute Gasteiger partial charge is 0.490 e. The molecule has 31 heavy (non-hydrogen) atoms. The highest BCUT2D eigenvalue weighted by atomic mass is 32.2. The van der Waals surface area contributed by atoms with Gasteiger partial charge in [-0.3, -0.25) is 9.78 Å². The highest BCUT2D eigenvalue weighted by molar-refractivity contribution is 7.89. The molecule has 9 heteroatoms. The third-order valence-electron chi connectivity index (χ3n) is 5.52. The van der Waals surface area contributed by atoms with Crippen LogP contribution in [-0.2, 0) is 15.8 Å². The highest BCUT2D eigenvalue weighted by Gasteiger charge is 2.31. The molecule has 2 aromatic rings. The SMILES string of the molecule is CCC(CC)(COc1cccc2c1C(N)=NS(=O)(=O)C2)NC(=O)c1cc(C)nc(C)c1. The first-order valence-electron chi connectivity index (χ1n) is 10.2. The quantitative estimate of drug-likeness (QED) is 0.676. The van der Waals surface area contributed by atoms with E-state index in [1.165, 1.54) is 0 Å². The van der Waals surface area contributed by atoms with Crippen LogP contribution in [0.4, 0.5) is 0 Å². The Morgan fingerprint density at radius 3 is 2.45 bits per heavy atom. The van der Waals surface area contributed by atoms with Crippen molar-refractivity contribution in [3.05, 3.63) is 58.4 Å². The topological polar surface area (TPSA) is 124 Å². The number of carbonyl (C=O) groups excluding carboxylic acids is 1. The molecule has 0 radical (unpaired) electrons. The molecule has 1 amide bonds. The third kappa shape index (κ3) is 5.04. The number of sulfonamides is 1. The molecule has 1 aromatic carbocycles. The summed E-state index contributed by atoms with van der Waals surface area (Å²) < 4.78 is 33.5. The van der Waals surface area contributed by atoms with Crippen LogP contribution < -0.4 is 15.8 Å². The predicted octanol–water partition coefficient (Wildman–Crippen LogP) is 2.61. The van der Waals surface area contributed by atoms with Gasteiger partial charge in [0.25, 0.3) is 15.9 Å². The minimum absolute atomic E-state index is 0.0813. The smallest absolute Gasteiger partial charge is 0.259 e. The molecule has 0 fully saturated rings. The zero-order valence-corrected chi connectivity index (χ0v) is 19.0.